The third-order valence-electron chi connectivity index (χ3n) is 8.34. The molecule has 0 unspecified atom stereocenters. The molecule has 0 radical (unpaired) electrons. The fraction of sp³-hybridized carbons (Fsp3) is 0.217. The minimum absolute atomic E-state index is 0.0296. The van der Waals surface area contributed by atoms with Crippen LogP contribution in [0.4, 0.5) is 20.1 Å². The van der Waals surface area contributed by atoms with Crippen LogP contribution in [-0.2, 0) is 49.9 Å². The highest BCUT2D eigenvalue weighted by atomic mass is 16.6. The van der Waals surface area contributed by atoms with Gasteiger partial charge in [-0.25, -0.2) is 24.2 Å². The Balaban J connectivity index is 1.30. The van der Waals surface area contributed by atoms with Crippen LogP contribution in [0.25, 0.3) is 0 Å². The maximum atomic E-state index is 13.9. The van der Waals surface area contributed by atoms with Crippen molar-refractivity contribution >= 4 is 41.8 Å². The average Bonchev–Trinajstić information content (AvgIpc) is 3.23. The molecule has 14 nitrogen and oxygen atoms in total. The van der Waals surface area contributed by atoms with Gasteiger partial charge in [0, 0.05) is 12.8 Å². The van der Waals surface area contributed by atoms with Crippen LogP contribution < -0.4 is 26.0 Å². The van der Waals surface area contributed by atoms with Gasteiger partial charge in [0.25, 0.3) is 0 Å². The lowest BCUT2D eigenvalue weighted by Crippen LogP contribution is -2.54. The van der Waals surface area contributed by atoms with Gasteiger partial charge in [-0.1, -0.05) is 121 Å². The van der Waals surface area contributed by atoms with Crippen LogP contribution >= 0.6 is 0 Å². The Morgan fingerprint density at radius 2 is 0.967 bits per heavy atom. The van der Waals surface area contributed by atoms with Crippen LogP contribution in [0, 0.1) is 0 Å². The van der Waals surface area contributed by atoms with E-state index in [0.717, 1.165) is 22.3 Å². The summed E-state index contributed by atoms with van der Waals surface area (Å²) in [6.07, 6.45) is -2.34. The Morgan fingerprint density at radius 1 is 0.533 bits per heavy atom. The van der Waals surface area contributed by atoms with E-state index in [2.05, 4.69) is 26.3 Å². The van der Waals surface area contributed by atoms with Crippen LogP contribution in [0.3, 0.4) is 0 Å². The summed E-state index contributed by atoms with van der Waals surface area (Å²) < 4.78 is 21.8. The average molecular weight is 814 g/mol. The van der Waals surface area contributed by atoms with E-state index in [1.54, 1.807) is 45.0 Å². The maximum absolute atomic E-state index is 13.9. The molecule has 0 aliphatic rings. The van der Waals surface area contributed by atoms with E-state index in [4.69, 9.17) is 18.9 Å². The number of nitrogens with one attached hydrogen (secondary N) is 4. The molecule has 0 aliphatic heterocycles. The number of alkyl carbamates (subject to hydrolysis) is 3. The lowest BCUT2D eigenvalue weighted by Gasteiger charge is -2.25. The highest BCUT2D eigenvalue weighted by Crippen LogP contribution is 2.20. The van der Waals surface area contributed by atoms with Gasteiger partial charge in [0.05, 0.1) is 5.69 Å². The first kappa shape index (κ1) is 43.6. The summed E-state index contributed by atoms with van der Waals surface area (Å²) in [5.41, 5.74) is 2.47. The number of aliphatic imine (C=N–C) groups is 1. The van der Waals surface area contributed by atoms with Crippen molar-refractivity contribution in [3.63, 3.8) is 0 Å². The van der Waals surface area contributed by atoms with Crippen molar-refractivity contribution in [1.29, 1.82) is 0 Å². The van der Waals surface area contributed by atoms with E-state index in [1.807, 2.05) is 97.1 Å². The molecule has 5 rings (SSSR count). The highest BCUT2D eigenvalue weighted by Gasteiger charge is 2.30. The molecule has 0 fully saturated rings. The van der Waals surface area contributed by atoms with Gasteiger partial charge in [-0.2, -0.15) is 0 Å². The third kappa shape index (κ3) is 15.5. The number of guanidine groups is 1. The standard InChI is InChI=1S/C46H47N5O9/c1-46(2,3)60-45(56)49-38(28-32-16-8-4-9-17-32)40(52)48-39(29-33-18-10-5-11-19-33)41(53)59-37-26-24-36(25-27-37)47-42(50-43(54)57-30-34-20-12-6-13-21-34)51-44(55)58-31-35-22-14-7-15-23-35/h4-27,38-39H,28-31H2,1-3H3,(H,48,52)(H,49,56)(H2,47,50,51,54,55)/t38-,39-/m0/s1. The molecule has 4 amide bonds. The van der Waals surface area contributed by atoms with Gasteiger partial charge in [0.1, 0.15) is 36.6 Å². The zero-order chi connectivity index (χ0) is 42.7. The number of hydrogen-bond acceptors (Lipinski definition) is 10. The molecular formula is C46H47N5O9. The van der Waals surface area contributed by atoms with Crippen molar-refractivity contribution in [3.8, 4) is 5.75 Å². The van der Waals surface area contributed by atoms with Crippen LogP contribution in [0.5, 0.6) is 5.75 Å². The lowest BCUT2D eigenvalue weighted by molar-refractivity contribution is -0.139. The summed E-state index contributed by atoms with van der Waals surface area (Å²) in [7, 11) is 0. The minimum Gasteiger partial charge on any atom is -0.444 e. The van der Waals surface area contributed by atoms with Gasteiger partial charge < -0.3 is 29.6 Å². The van der Waals surface area contributed by atoms with E-state index in [1.165, 1.54) is 24.3 Å². The Hall–Kier alpha value is -7.48. The summed E-state index contributed by atoms with van der Waals surface area (Å²) in [6, 6.07) is 39.9. The van der Waals surface area contributed by atoms with Gasteiger partial charge >= 0.3 is 24.2 Å². The number of hydrogen-bond donors (Lipinski definition) is 4. The first-order chi connectivity index (χ1) is 28.9. The molecule has 310 valence electrons. The van der Waals surface area contributed by atoms with Crippen LogP contribution in [0.1, 0.15) is 43.0 Å². The quantitative estimate of drug-likeness (QED) is 0.0294. The van der Waals surface area contributed by atoms with Crippen LogP contribution in [0.2, 0.25) is 0 Å². The first-order valence-electron chi connectivity index (χ1n) is 19.1. The molecule has 0 bridgehead atoms. The smallest absolute Gasteiger partial charge is 0.414 e. The predicted octanol–water partition coefficient (Wildman–Crippen LogP) is 7.30. The molecule has 0 saturated heterocycles. The van der Waals surface area contributed by atoms with Crippen molar-refractivity contribution in [3.05, 3.63) is 168 Å². The Bertz CT molecular complexity index is 2140. The van der Waals surface area contributed by atoms with Crippen molar-refractivity contribution in [2.75, 3.05) is 0 Å². The number of nitrogens with zero attached hydrogens (tertiary/aromatic N) is 1. The number of rotatable bonds is 14. The molecule has 0 aromatic heterocycles. The van der Waals surface area contributed by atoms with Gasteiger partial charge in [-0.05, 0) is 67.3 Å². The SMILES string of the molecule is CC(C)(C)OC(=O)N[C@@H](Cc1ccccc1)C(=O)N[C@@H](Cc1ccccc1)C(=O)Oc1ccc(N=C(NC(=O)OCc2ccccc2)NC(=O)OCc2ccccc2)cc1. The predicted molar refractivity (Wildman–Crippen MR) is 224 cm³/mol. The summed E-state index contributed by atoms with van der Waals surface area (Å²) in [6.45, 7) is 5.08. The maximum Gasteiger partial charge on any atom is 0.414 e. The van der Waals surface area contributed by atoms with E-state index in [0.29, 0.717) is 0 Å². The van der Waals surface area contributed by atoms with Crippen LogP contribution in [-0.4, -0.2) is 53.8 Å². The molecule has 0 saturated carbocycles. The summed E-state index contributed by atoms with van der Waals surface area (Å²) in [4.78, 5) is 70.3. The zero-order valence-electron chi connectivity index (χ0n) is 33.5. The second-order valence-corrected chi connectivity index (χ2v) is 14.4. The fourth-order valence-electron chi connectivity index (χ4n) is 5.53. The van der Waals surface area contributed by atoms with E-state index in [-0.39, 0.29) is 43.5 Å². The number of ether oxygens (including phenoxy) is 4. The van der Waals surface area contributed by atoms with E-state index in [9.17, 15) is 24.0 Å². The Morgan fingerprint density at radius 3 is 1.42 bits per heavy atom. The van der Waals surface area contributed by atoms with Gasteiger partial charge in [-0.15, -0.1) is 0 Å². The monoisotopic (exact) mass is 813 g/mol. The van der Waals surface area contributed by atoms with Gasteiger partial charge in [-0.3, -0.25) is 15.4 Å². The number of benzene rings is 5. The van der Waals surface area contributed by atoms with Crippen molar-refractivity contribution < 1.29 is 42.9 Å². The molecule has 60 heavy (non-hydrogen) atoms. The Labute approximate surface area is 348 Å². The van der Waals surface area contributed by atoms with E-state index < -0.39 is 47.8 Å². The van der Waals surface area contributed by atoms with Crippen molar-refractivity contribution in [1.82, 2.24) is 21.3 Å². The highest BCUT2D eigenvalue weighted by molar-refractivity contribution is 6.02. The number of amides is 4. The molecular weight excluding hydrogens is 767 g/mol. The van der Waals surface area contributed by atoms with Crippen molar-refractivity contribution in [2.45, 2.75) is 64.5 Å². The second kappa shape index (κ2) is 21.9. The molecule has 14 heteroatoms. The second-order valence-electron chi connectivity index (χ2n) is 14.4. The molecule has 0 aliphatic carbocycles. The topological polar surface area (TPSA) is 183 Å². The number of esters is 1. The number of carbonyl (C=O) groups excluding carboxylic acids is 5. The summed E-state index contributed by atoms with van der Waals surface area (Å²) in [5.74, 6) is -1.56. The minimum atomic E-state index is -1.17. The largest absolute Gasteiger partial charge is 0.444 e. The molecule has 0 heterocycles. The van der Waals surface area contributed by atoms with Gasteiger partial charge in [0.15, 0.2) is 0 Å². The molecule has 4 N–H and O–H groups in total. The van der Waals surface area contributed by atoms with E-state index >= 15 is 0 Å². The summed E-state index contributed by atoms with van der Waals surface area (Å²) >= 11 is 0. The number of carbonyl (C=O) groups is 5. The van der Waals surface area contributed by atoms with Crippen LogP contribution in [0.15, 0.2) is 151 Å². The zero-order valence-corrected chi connectivity index (χ0v) is 33.5. The third-order valence-corrected chi connectivity index (χ3v) is 8.34. The molecule has 2 atom stereocenters. The first-order valence-corrected chi connectivity index (χ1v) is 19.1. The molecule has 5 aromatic rings. The fourth-order valence-corrected chi connectivity index (χ4v) is 5.53. The Kier molecular flexibility index (Phi) is 15.9. The lowest BCUT2D eigenvalue weighted by atomic mass is 10.0. The molecule has 0 spiro atoms. The molecule has 5 aromatic carbocycles. The van der Waals surface area contributed by atoms with Crippen molar-refractivity contribution in [2.24, 2.45) is 4.99 Å². The summed E-state index contributed by atoms with van der Waals surface area (Å²) in [5, 5.41) is 10.3. The normalized spacial score (nSPS) is 11.7. The van der Waals surface area contributed by atoms with Gasteiger partial charge in [0.2, 0.25) is 11.9 Å².